The lowest BCUT2D eigenvalue weighted by atomic mass is 9.72. The number of methoxy groups -OCH3 is 1. The maximum atomic E-state index is 6.35. The number of nitrogens with zero attached hydrogens (tertiary/aromatic N) is 1. The fourth-order valence-electron chi connectivity index (χ4n) is 6.13. The number of ether oxygens (including phenoxy) is 2. The Hall–Kier alpha value is -2.49. The summed E-state index contributed by atoms with van der Waals surface area (Å²) in [7, 11) is 1.77. The van der Waals surface area contributed by atoms with E-state index >= 15 is 0 Å². The van der Waals surface area contributed by atoms with Crippen molar-refractivity contribution in [3.05, 3.63) is 71.3 Å². The maximum Gasteiger partial charge on any atom is 0.214 e. The van der Waals surface area contributed by atoms with Crippen molar-refractivity contribution in [3.8, 4) is 11.3 Å². The number of hydrogen-bond acceptors (Lipinski definition) is 2. The summed E-state index contributed by atoms with van der Waals surface area (Å²) >= 11 is 0. The molecule has 3 nitrogen and oxygen atoms in total. The fourth-order valence-corrected chi connectivity index (χ4v) is 6.13. The predicted molar refractivity (Wildman–Crippen MR) is 147 cm³/mol. The maximum absolute atomic E-state index is 6.35. The van der Waals surface area contributed by atoms with Crippen molar-refractivity contribution >= 4 is 16.5 Å². The summed E-state index contributed by atoms with van der Waals surface area (Å²) < 4.78 is 14.6. The van der Waals surface area contributed by atoms with Crippen LogP contribution >= 0.6 is 0 Å². The van der Waals surface area contributed by atoms with Crippen LogP contribution in [0.1, 0.15) is 70.6 Å². The molecule has 0 N–H and O–H groups in total. The standard InChI is InChI=1S/C32H42NO2/c1-9-32(10-2)27(17-18-35-24(5)21-31(6,7)34-8)30-23(4)19-22(3)20-26(30)29-16-15-25-13-11-12-14-28(25)33(29)32/h11-17,19-20,24H,9-10,18,21H2,1-8H3/q+1. The van der Waals surface area contributed by atoms with E-state index < -0.39 is 0 Å². The van der Waals surface area contributed by atoms with Gasteiger partial charge in [-0.15, -0.1) is 0 Å². The average Bonchev–Trinajstić information content (AvgIpc) is 2.83. The Bertz CT molecular complexity index is 1250. The Morgan fingerprint density at radius 3 is 2.43 bits per heavy atom. The lowest BCUT2D eigenvalue weighted by Gasteiger charge is -2.37. The van der Waals surface area contributed by atoms with Gasteiger partial charge in [0.2, 0.25) is 11.2 Å². The lowest BCUT2D eigenvalue weighted by Crippen LogP contribution is -2.60. The van der Waals surface area contributed by atoms with Gasteiger partial charge in [-0.05, 0) is 70.0 Å². The van der Waals surface area contributed by atoms with Crippen LogP contribution in [0, 0.1) is 13.8 Å². The number of fused-ring (bicyclic) bond motifs is 5. The highest BCUT2D eigenvalue weighted by Crippen LogP contribution is 2.47. The minimum absolute atomic E-state index is 0.113. The molecule has 1 aromatic heterocycles. The van der Waals surface area contributed by atoms with Gasteiger partial charge in [-0.1, -0.05) is 32.0 Å². The van der Waals surface area contributed by atoms with E-state index in [0.29, 0.717) is 6.61 Å². The van der Waals surface area contributed by atoms with E-state index in [9.17, 15) is 0 Å². The second kappa shape index (κ2) is 9.87. The molecule has 4 rings (SSSR count). The van der Waals surface area contributed by atoms with Crippen LogP contribution in [0.4, 0.5) is 0 Å². The van der Waals surface area contributed by atoms with Crippen LogP contribution in [0.25, 0.3) is 27.7 Å². The summed E-state index contributed by atoms with van der Waals surface area (Å²) in [6.07, 6.45) is 5.36. The van der Waals surface area contributed by atoms with Gasteiger partial charge in [-0.3, -0.25) is 0 Å². The third-order valence-corrected chi connectivity index (χ3v) is 7.96. The number of benzene rings is 2. The van der Waals surface area contributed by atoms with Gasteiger partial charge in [0.15, 0.2) is 5.54 Å². The van der Waals surface area contributed by atoms with Gasteiger partial charge in [0.1, 0.15) is 0 Å². The summed E-state index contributed by atoms with van der Waals surface area (Å²) in [6.45, 7) is 16.1. The smallest absolute Gasteiger partial charge is 0.214 e. The molecule has 2 heterocycles. The molecule has 35 heavy (non-hydrogen) atoms. The van der Waals surface area contributed by atoms with Crippen molar-refractivity contribution in [2.45, 2.75) is 85.0 Å². The fraction of sp³-hybridized carbons (Fsp3) is 0.469. The van der Waals surface area contributed by atoms with Crippen molar-refractivity contribution in [2.75, 3.05) is 13.7 Å². The summed E-state index contributed by atoms with van der Waals surface area (Å²) in [5.41, 5.74) is 9.00. The average molecular weight is 473 g/mol. The van der Waals surface area contributed by atoms with E-state index in [1.165, 1.54) is 44.4 Å². The van der Waals surface area contributed by atoms with Crippen LogP contribution in [-0.2, 0) is 15.0 Å². The third kappa shape index (κ3) is 4.57. The van der Waals surface area contributed by atoms with Gasteiger partial charge < -0.3 is 9.47 Å². The number of aromatic nitrogens is 1. The van der Waals surface area contributed by atoms with E-state index in [2.05, 4.69) is 108 Å². The van der Waals surface area contributed by atoms with Gasteiger partial charge in [-0.2, -0.15) is 4.57 Å². The zero-order chi connectivity index (χ0) is 25.4. The number of para-hydroxylation sites is 1. The number of allylic oxidation sites excluding steroid dienone is 1. The topological polar surface area (TPSA) is 22.3 Å². The molecule has 0 radical (unpaired) electrons. The molecule has 3 heteroatoms. The molecule has 0 aliphatic carbocycles. The summed E-state index contributed by atoms with van der Waals surface area (Å²) in [5.74, 6) is 0. The molecular weight excluding hydrogens is 430 g/mol. The van der Waals surface area contributed by atoms with E-state index in [0.717, 1.165) is 19.3 Å². The molecule has 1 atom stereocenters. The molecule has 1 aliphatic rings. The minimum atomic E-state index is -0.192. The Morgan fingerprint density at radius 1 is 1.03 bits per heavy atom. The molecule has 0 amide bonds. The summed E-state index contributed by atoms with van der Waals surface area (Å²) in [5, 5.41) is 1.28. The van der Waals surface area contributed by atoms with Crippen molar-refractivity contribution < 1.29 is 14.0 Å². The first-order chi connectivity index (χ1) is 16.7. The van der Waals surface area contributed by atoms with Crippen molar-refractivity contribution in [3.63, 3.8) is 0 Å². The highest BCUT2D eigenvalue weighted by Gasteiger charge is 2.49. The zero-order valence-electron chi connectivity index (χ0n) is 22.9. The normalized spacial score (nSPS) is 16.9. The van der Waals surface area contributed by atoms with Crippen molar-refractivity contribution in [1.29, 1.82) is 0 Å². The molecule has 1 aliphatic heterocycles. The first-order valence-corrected chi connectivity index (χ1v) is 13.1. The van der Waals surface area contributed by atoms with Crippen molar-refractivity contribution in [2.24, 2.45) is 0 Å². The SMILES string of the molecule is CCC1(CC)C(=CCOC(C)CC(C)(C)OC)c2c(C)cc(C)cc2-c2ccc3ccccc3[n+]21. The first kappa shape index (κ1) is 25.6. The highest BCUT2D eigenvalue weighted by molar-refractivity contribution is 5.88. The molecule has 1 unspecified atom stereocenters. The van der Waals surface area contributed by atoms with Crippen LogP contribution in [0.15, 0.2) is 54.6 Å². The first-order valence-electron chi connectivity index (χ1n) is 13.1. The third-order valence-electron chi connectivity index (χ3n) is 7.96. The number of rotatable bonds is 8. The molecule has 0 saturated carbocycles. The van der Waals surface area contributed by atoms with Crippen LogP contribution in [0.5, 0.6) is 0 Å². The second-order valence-electron chi connectivity index (χ2n) is 10.8. The number of aryl methyl sites for hydroxylation is 2. The highest BCUT2D eigenvalue weighted by atomic mass is 16.5. The Balaban J connectivity index is 1.90. The second-order valence-corrected chi connectivity index (χ2v) is 10.8. The molecule has 2 aromatic carbocycles. The van der Waals surface area contributed by atoms with Gasteiger partial charge >= 0.3 is 0 Å². The number of pyridine rings is 1. The Labute approximate surface area is 211 Å². The van der Waals surface area contributed by atoms with E-state index in [1.807, 2.05) is 0 Å². The van der Waals surface area contributed by atoms with Crippen LogP contribution in [-0.4, -0.2) is 25.4 Å². The molecule has 186 valence electrons. The quantitative estimate of drug-likeness (QED) is 0.316. The molecule has 0 bridgehead atoms. The molecule has 0 saturated heterocycles. The Kier molecular flexibility index (Phi) is 7.22. The molecule has 0 fully saturated rings. The van der Waals surface area contributed by atoms with Crippen LogP contribution in [0.3, 0.4) is 0 Å². The van der Waals surface area contributed by atoms with Crippen molar-refractivity contribution in [1.82, 2.24) is 0 Å². The largest absolute Gasteiger partial charge is 0.379 e. The minimum Gasteiger partial charge on any atom is -0.379 e. The van der Waals surface area contributed by atoms with Gasteiger partial charge in [0.25, 0.3) is 0 Å². The molecular formula is C32H42NO2+. The Morgan fingerprint density at radius 2 is 1.74 bits per heavy atom. The van der Waals surface area contributed by atoms with Gasteiger partial charge in [0.05, 0.1) is 23.9 Å². The summed E-state index contributed by atoms with van der Waals surface area (Å²) in [4.78, 5) is 0. The van der Waals surface area contributed by atoms with E-state index in [-0.39, 0.29) is 17.2 Å². The van der Waals surface area contributed by atoms with Crippen LogP contribution < -0.4 is 4.57 Å². The van der Waals surface area contributed by atoms with E-state index in [4.69, 9.17) is 9.47 Å². The predicted octanol–water partition coefficient (Wildman–Crippen LogP) is 7.54. The zero-order valence-corrected chi connectivity index (χ0v) is 22.9. The van der Waals surface area contributed by atoms with Crippen LogP contribution in [0.2, 0.25) is 0 Å². The molecule has 0 spiro atoms. The number of hydrogen-bond donors (Lipinski definition) is 0. The summed E-state index contributed by atoms with van der Waals surface area (Å²) in [6, 6.07) is 18.1. The van der Waals surface area contributed by atoms with E-state index in [1.54, 1.807) is 7.11 Å². The molecule has 3 aromatic rings. The van der Waals surface area contributed by atoms with Gasteiger partial charge in [-0.25, -0.2) is 0 Å². The van der Waals surface area contributed by atoms with Gasteiger partial charge in [0, 0.05) is 55.0 Å². The monoisotopic (exact) mass is 472 g/mol. The lowest BCUT2D eigenvalue weighted by molar-refractivity contribution is -0.718.